The van der Waals surface area contributed by atoms with Crippen LogP contribution in [-0.4, -0.2) is 40.1 Å². The van der Waals surface area contributed by atoms with Gasteiger partial charge in [0.1, 0.15) is 11.5 Å². The number of nitrogens with zero attached hydrogens (tertiary/aromatic N) is 3. The van der Waals surface area contributed by atoms with Crippen LogP contribution in [-0.2, 0) is 0 Å². The summed E-state index contributed by atoms with van der Waals surface area (Å²) >= 11 is 0. The molecule has 1 aliphatic rings. The number of aromatic nitrogens is 2. The Balaban J connectivity index is 2.22. The lowest BCUT2D eigenvalue weighted by Gasteiger charge is -2.37. The van der Waals surface area contributed by atoms with Crippen molar-refractivity contribution in [3.8, 4) is 0 Å². The molecule has 1 heterocycles. The molecule has 0 radical (unpaired) electrons. The summed E-state index contributed by atoms with van der Waals surface area (Å²) in [7, 11) is 0. The van der Waals surface area contributed by atoms with E-state index in [9.17, 15) is 0 Å². The van der Waals surface area contributed by atoms with Gasteiger partial charge in [0.25, 0.3) is 0 Å². The largest absolute Gasteiger partial charge is 0.395 e. The van der Waals surface area contributed by atoms with Gasteiger partial charge in [-0.05, 0) is 25.3 Å². The van der Waals surface area contributed by atoms with E-state index in [-0.39, 0.29) is 12.4 Å². The third-order valence-corrected chi connectivity index (χ3v) is 3.03. The lowest BCUT2D eigenvalue weighted by molar-refractivity contribution is 0.282. The Bertz CT molecular complexity index is 405. The summed E-state index contributed by atoms with van der Waals surface area (Å²) in [4.78, 5) is 10.4. The average molecular weight is 235 g/mol. The van der Waals surface area contributed by atoms with E-state index in [0.717, 1.165) is 12.8 Å². The van der Waals surface area contributed by atoms with Crippen LogP contribution in [0.3, 0.4) is 0 Å². The standard InChI is InChI=1S/C11H17N5O/c12-10(13)9-4-5-14-11(15-9)16(6-7-17)8-2-1-3-8/h4-5,8,17H,1-3,6-7H2,(H3,12,13). The van der Waals surface area contributed by atoms with Gasteiger partial charge in [-0.2, -0.15) is 0 Å². The number of rotatable bonds is 5. The van der Waals surface area contributed by atoms with Crippen LogP contribution in [0, 0.1) is 5.41 Å². The zero-order chi connectivity index (χ0) is 12.3. The number of anilines is 1. The molecule has 6 nitrogen and oxygen atoms in total. The van der Waals surface area contributed by atoms with E-state index in [2.05, 4.69) is 9.97 Å². The van der Waals surface area contributed by atoms with Gasteiger partial charge in [-0.3, -0.25) is 5.41 Å². The maximum absolute atomic E-state index is 9.08. The highest BCUT2D eigenvalue weighted by Crippen LogP contribution is 2.27. The van der Waals surface area contributed by atoms with Gasteiger partial charge in [0.15, 0.2) is 0 Å². The van der Waals surface area contributed by atoms with Crippen molar-refractivity contribution in [1.29, 1.82) is 5.41 Å². The van der Waals surface area contributed by atoms with E-state index in [1.165, 1.54) is 6.42 Å². The molecule has 0 atom stereocenters. The highest BCUT2D eigenvalue weighted by molar-refractivity contribution is 5.93. The first-order valence-electron chi connectivity index (χ1n) is 5.77. The first kappa shape index (κ1) is 11.8. The number of amidine groups is 1. The molecule has 6 heteroatoms. The summed E-state index contributed by atoms with van der Waals surface area (Å²) < 4.78 is 0. The van der Waals surface area contributed by atoms with E-state index < -0.39 is 0 Å². The van der Waals surface area contributed by atoms with Crippen LogP contribution in [0.2, 0.25) is 0 Å². The lowest BCUT2D eigenvalue weighted by atomic mass is 9.92. The predicted octanol–water partition coefficient (Wildman–Crippen LogP) is 0.112. The van der Waals surface area contributed by atoms with Gasteiger partial charge in [-0.25, -0.2) is 9.97 Å². The molecule has 0 aromatic carbocycles. The normalized spacial score (nSPS) is 15.4. The Morgan fingerprint density at radius 2 is 2.35 bits per heavy atom. The second kappa shape index (κ2) is 5.09. The molecule has 1 fully saturated rings. The molecule has 2 rings (SSSR count). The van der Waals surface area contributed by atoms with Crippen LogP contribution in [0.15, 0.2) is 12.3 Å². The van der Waals surface area contributed by atoms with Gasteiger partial charge in [0.2, 0.25) is 5.95 Å². The van der Waals surface area contributed by atoms with Crippen LogP contribution < -0.4 is 10.6 Å². The van der Waals surface area contributed by atoms with Gasteiger partial charge in [-0.15, -0.1) is 0 Å². The Labute approximate surface area is 100.0 Å². The smallest absolute Gasteiger partial charge is 0.226 e. The highest BCUT2D eigenvalue weighted by Gasteiger charge is 2.26. The predicted molar refractivity (Wildman–Crippen MR) is 65.1 cm³/mol. The number of nitrogens with two attached hydrogens (primary N) is 1. The Morgan fingerprint density at radius 3 is 2.88 bits per heavy atom. The molecule has 92 valence electrons. The maximum atomic E-state index is 9.08. The summed E-state index contributed by atoms with van der Waals surface area (Å²) in [5.74, 6) is 0.489. The fraction of sp³-hybridized carbons (Fsp3) is 0.545. The summed E-state index contributed by atoms with van der Waals surface area (Å²) in [5.41, 5.74) is 5.83. The van der Waals surface area contributed by atoms with Crippen molar-refractivity contribution in [3.63, 3.8) is 0 Å². The van der Waals surface area contributed by atoms with Gasteiger partial charge in [-0.1, -0.05) is 0 Å². The molecule has 1 aromatic rings. The average Bonchev–Trinajstić information content (AvgIpc) is 2.26. The third kappa shape index (κ3) is 2.52. The number of hydrogen-bond acceptors (Lipinski definition) is 5. The number of hydrogen-bond donors (Lipinski definition) is 3. The van der Waals surface area contributed by atoms with E-state index in [0.29, 0.717) is 24.2 Å². The van der Waals surface area contributed by atoms with Crippen molar-refractivity contribution < 1.29 is 5.11 Å². The Kier molecular flexibility index (Phi) is 3.53. The second-order valence-corrected chi connectivity index (χ2v) is 4.16. The molecule has 0 bridgehead atoms. The minimum atomic E-state index is -0.0637. The monoisotopic (exact) mass is 235 g/mol. The number of nitrogens with one attached hydrogen (secondary N) is 1. The molecule has 0 saturated heterocycles. The third-order valence-electron chi connectivity index (χ3n) is 3.03. The second-order valence-electron chi connectivity index (χ2n) is 4.16. The molecule has 4 N–H and O–H groups in total. The number of nitrogen functional groups attached to an aromatic ring is 1. The zero-order valence-corrected chi connectivity index (χ0v) is 9.63. The highest BCUT2D eigenvalue weighted by atomic mass is 16.3. The van der Waals surface area contributed by atoms with E-state index in [1.54, 1.807) is 12.3 Å². The maximum Gasteiger partial charge on any atom is 0.226 e. The van der Waals surface area contributed by atoms with Crippen molar-refractivity contribution >= 4 is 11.8 Å². The van der Waals surface area contributed by atoms with E-state index in [1.807, 2.05) is 4.90 Å². The number of aliphatic hydroxyl groups excluding tert-OH is 1. The summed E-state index contributed by atoms with van der Waals surface area (Å²) in [6.07, 6.45) is 5.02. The quantitative estimate of drug-likeness (QED) is 0.497. The molecule has 0 spiro atoms. The Morgan fingerprint density at radius 1 is 1.59 bits per heavy atom. The zero-order valence-electron chi connectivity index (χ0n) is 9.63. The molecule has 1 aromatic heterocycles. The van der Waals surface area contributed by atoms with Crippen LogP contribution in [0.1, 0.15) is 25.0 Å². The molecule has 1 aliphatic carbocycles. The van der Waals surface area contributed by atoms with Crippen molar-refractivity contribution in [1.82, 2.24) is 9.97 Å². The van der Waals surface area contributed by atoms with Crippen LogP contribution in [0.5, 0.6) is 0 Å². The molecule has 17 heavy (non-hydrogen) atoms. The molecule has 0 aliphatic heterocycles. The van der Waals surface area contributed by atoms with Crippen molar-refractivity contribution in [3.05, 3.63) is 18.0 Å². The fourth-order valence-electron chi connectivity index (χ4n) is 1.89. The van der Waals surface area contributed by atoms with Gasteiger partial charge in [0.05, 0.1) is 6.61 Å². The number of aliphatic hydroxyl groups is 1. The minimum Gasteiger partial charge on any atom is -0.395 e. The first-order chi connectivity index (χ1) is 8.22. The van der Waals surface area contributed by atoms with Gasteiger partial charge >= 0.3 is 0 Å². The van der Waals surface area contributed by atoms with E-state index in [4.69, 9.17) is 16.2 Å². The SMILES string of the molecule is N=C(N)c1ccnc(N(CCO)C2CCC2)n1. The summed E-state index contributed by atoms with van der Waals surface area (Å²) in [5, 5.41) is 16.4. The van der Waals surface area contributed by atoms with Gasteiger partial charge in [0, 0.05) is 18.8 Å². The fourth-order valence-corrected chi connectivity index (χ4v) is 1.89. The molecular weight excluding hydrogens is 218 g/mol. The van der Waals surface area contributed by atoms with Crippen LogP contribution >= 0.6 is 0 Å². The topological polar surface area (TPSA) is 99.1 Å². The summed E-state index contributed by atoms with van der Waals surface area (Å²) in [6, 6.07) is 2.02. The first-order valence-corrected chi connectivity index (χ1v) is 5.77. The van der Waals surface area contributed by atoms with Crippen LogP contribution in [0.4, 0.5) is 5.95 Å². The summed E-state index contributed by atoms with van der Waals surface area (Å²) in [6.45, 7) is 0.593. The lowest BCUT2D eigenvalue weighted by Crippen LogP contribution is -2.43. The molecule has 0 unspecified atom stereocenters. The van der Waals surface area contributed by atoms with Gasteiger partial charge < -0.3 is 15.7 Å². The molecule has 0 amide bonds. The van der Waals surface area contributed by atoms with Crippen LogP contribution in [0.25, 0.3) is 0 Å². The molecule has 1 saturated carbocycles. The minimum absolute atomic E-state index is 0.0637. The van der Waals surface area contributed by atoms with Crippen molar-refractivity contribution in [2.75, 3.05) is 18.1 Å². The Hall–Kier alpha value is -1.69. The van der Waals surface area contributed by atoms with Crippen molar-refractivity contribution in [2.45, 2.75) is 25.3 Å². The van der Waals surface area contributed by atoms with Crippen molar-refractivity contribution in [2.24, 2.45) is 5.73 Å². The van der Waals surface area contributed by atoms with E-state index >= 15 is 0 Å². The molecular formula is C11H17N5O.